The normalized spacial score (nSPS) is 10.9. The molecule has 0 amide bonds. The summed E-state index contributed by atoms with van der Waals surface area (Å²) in [7, 11) is 0. The van der Waals surface area contributed by atoms with E-state index in [4.69, 9.17) is 16.0 Å². The Labute approximate surface area is 154 Å². The smallest absolute Gasteiger partial charge is 0.207 e. The number of benzene rings is 3. The van der Waals surface area contributed by atoms with Gasteiger partial charge in [-0.05, 0) is 30.3 Å². The van der Waals surface area contributed by atoms with E-state index in [-0.39, 0.29) is 5.43 Å². The molecule has 1 aromatic heterocycles. The van der Waals surface area contributed by atoms with E-state index >= 15 is 0 Å². The van der Waals surface area contributed by atoms with Crippen LogP contribution in [0.15, 0.2) is 97.9 Å². The molecule has 0 unspecified atom stereocenters. The number of para-hydroxylation sites is 1. The summed E-state index contributed by atoms with van der Waals surface area (Å²) in [6.45, 7) is 0. The van der Waals surface area contributed by atoms with Gasteiger partial charge in [-0.2, -0.15) is 0 Å². The fourth-order valence-corrected chi connectivity index (χ4v) is 3.92. The van der Waals surface area contributed by atoms with Crippen molar-refractivity contribution < 1.29 is 4.42 Å². The van der Waals surface area contributed by atoms with Gasteiger partial charge in [-0.15, -0.1) is 0 Å². The first kappa shape index (κ1) is 16.0. The van der Waals surface area contributed by atoms with Gasteiger partial charge in [0.15, 0.2) is 5.76 Å². The van der Waals surface area contributed by atoms with Crippen LogP contribution in [0.3, 0.4) is 0 Å². The molecule has 0 fully saturated rings. The van der Waals surface area contributed by atoms with Crippen LogP contribution in [0.5, 0.6) is 0 Å². The highest BCUT2D eigenvalue weighted by Crippen LogP contribution is 2.36. The Morgan fingerprint density at radius 3 is 2.40 bits per heavy atom. The second-order valence-electron chi connectivity index (χ2n) is 5.51. The molecule has 122 valence electrons. The molecule has 0 spiro atoms. The van der Waals surface area contributed by atoms with Crippen molar-refractivity contribution in [3.63, 3.8) is 0 Å². The van der Waals surface area contributed by atoms with Gasteiger partial charge in [0.25, 0.3) is 0 Å². The molecule has 0 atom stereocenters. The van der Waals surface area contributed by atoms with Crippen molar-refractivity contribution in [2.75, 3.05) is 0 Å². The lowest BCUT2D eigenvalue weighted by Crippen LogP contribution is -2.06. The summed E-state index contributed by atoms with van der Waals surface area (Å²) in [6, 6.07) is 24.4. The third kappa shape index (κ3) is 3.21. The van der Waals surface area contributed by atoms with Crippen LogP contribution < -0.4 is 5.43 Å². The van der Waals surface area contributed by atoms with E-state index in [2.05, 4.69) is 0 Å². The van der Waals surface area contributed by atoms with Crippen LogP contribution in [-0.2, 0) is 0 Å². The van der Waals surface area contributed by atoms with E-state index in [1.54, 1.807) is 6.07 Å². The second kappa shape index (κ2) is 6.79. The molecule has 0 bridgehead atoms. The highest BCUT2D eigenvalue weighted by Gasteiger charge is 2.17. The van der Waals surface area contributed by atoms with Gasteiger partial charge in [0.05, 0.1) is 5.39 Å². The first-order valence-corrected chi connectivity index (χ1v) is 8.96. The molecule has 4 rings (SSSR count). The van der Waals surface area contributed by atoms with Crippen molar-refractivity contribution >= 4 is 34.3 Å². The third-order valence-electron chi connectivity index (χ3n) is 3.81. The van der Waals surface area contributed by atoms with Gasteiger partial charge in [-0.1, -0.05) is 71.9 Å². The minimum Gasteiger partial charge on any atom is -0.455 e. The summed E-state index contributed by atoms with van der Waals surface area (Å²) in [4.78, 5) is 14.6. The molecule has 0 aliphatic carbocycles. The summed E-state index contributed by atoms with van der Waals surface area (Å²) in [6.07, 6.45) is 0. The molecule has 0 saturated carbocycles. The van der Waals surface area contributed by atoms with E-state index in [1.165, 1.54) is 11.8 Å². The minimum absolute atomic E-state index is 0.0364. The van der Waals surface area contributed by atoms with Crippen molar-refractivity contribution in [3.8, 4) is 11.3 Å². The monoisotopic (exact) mass is 364 g/mol. The Bertz CT molecular complexity index is 1100. The zero-order valence-electron chi connectivity index (χ0n) is 13.1. The van der Waals surface area contributed by atoms with Crippen LogP contribution in [0.2, 0.25) is 5.02 Å². The van der Waals surface area contributed by atoms with Gasteiger partial charge < -0.3 is 4.42 Å². The maximum atomic E-state index is 13.1. The number of halogens is 1. The number of fused-ring (bicyclic) bond motifs is 1. The van der Waals surface area contributed by atoms with Crippen molar-refractivity contribution in [2.45, 2.75) is 9.79 Å². The average molecular weight is 365 g/mol. The Hall–Kier alpha value is -2.49. The van der Waals surface area contributed by atoms with Crippen LogP contribution in [0.1, 0.15) is 0 Å². The summed E-state index contributed by atoms with van der Waals surface area (Å²) in [5, 5.41) is 1.21. The molecule has 25 heavy (non-hydrogen) atoms. The lowest BCUT2D eigenvalue weighted by Gasteiger charge is -2.10. The molecule has 0 aliphatic rings. The minimum atomic E-state index is -0.0364. The van der Waals surface area contributed by atoms with Crippen molar-refractivity contribution in [1.29, 1.82) is 0 Å². The Morgan fingerprint density at radius 2 is 1.60 bits per heavy atom. The van der Waals surface area contributed by atoms with Crippen LogP contribution in [0.25, 0.3) is 22.3 Å². The zero-order chi connectivity index (χ0) is 17.2. The Balaban J connectivity index is 1.97. The number of hydrogen-bond acceptors (Lipinski definition) is 3. The van der Waals surface area contributed by atoms with Gasteiger partial charge in [0.2, 0.25) is 5.43 Å². The van der Waals surface area contributed by atoms with Crippen molar-refractivity contribution in [2.24, 2.45) is 0 Å². The maximum absolute atomic E-state index is 13.1. The topological polar surface area (TPSA) is 30.2 Å². The predicted octanol–water partition coefficient (Wildman–Crippen LogP) is 6.26. The number of hydrogen-bond donors (Lipinski definition) is 0. The molecule has 0 saturated heterocycles. The molecule has 1 heterocycles. The Kier molecular flexibility index (Phi) is 4.35. The second-order valence-corrected chi connectivity index (χ2v) is 7.03. The SMILES string of the molecule is O=c1c(Sc2cccc(Cl)c2)c(-c2ccccc2)oc2ccccc12. The molecular formula is C21H13ClO2S. The van der Waals surface area contributed by atoms with Crippen LogP contribution in [-0.4, -0.2) is 0 Å². The summed E-state index contributed by atoms with van der Waals surface area (Å²) in [5.74, 6) is 0.578. The molecule has 0 aliphatic heterocycles. The van der Waals surface area contributed by atoms with E-state index < -0.39 is 0 Å². The zero-order valence-corrected chi connectivity index (χ0v) is 14.7. The first-order valence-electron chi connectivity index (χ1n) is 7.77. The van der Waals surface area contributed by atoms with Gasteiger partial charge in [-0.25, -0.2) is 0 Å². The highest BCUT2D eigenvalue weighted by molar-refractivity contribution is 7.99. The summed E-state index contributed by atoms with van der Waals surface area (Å²) >= 11 is 7.46. The van der Waals surface area contributed by atoms with E-state index in [9.17, 15) is 4.79 Å². The standard InChI is InChI=1S/C21H13ClO2S/c22-15-9-6-10-16(13-15)25-21-19(23)17-11-4-5-12-18(17)24-20(21)14-7-2-1-3-8-14/h1-13H. The van der Waals surface area contributed by atoms with Crippen LogP contribution in [0.4, 0.5) is 0 Å². The quantitative estimate of drug-likeness (QED) is 0.429. The largest absolute Gasteiger partial charge is 0.455 e. The fraction of sp³-hybridized carbons (Fsp3) is 0. The van der Waals surface area contributed by atoms with Gasteiger partial charge in [-0.3, -0.25) is 4.79 Å². The van der Waals surface area contributed by atoms with Gasteiger partial charge >= 0.3 is 0 Å². The molecule has 4 heteroatoms. The third-order valence-corrected chi connectivity index (χ3v) is 5.11. The molecule has 3 aromatic carbocycles. The van der Waals surface area contributed by atoms with Crippen LogP contribution in [0, 0.1) is 0 Å². The average Bonchev–Trinajstić information content (AvgIpc) is 2.65. The molecule has 0 radical (unpaired) electrons. The highest BCUT2D eigenvalue weighted by atomic mass is 35.5. The predicted molar refractivity (Wildman–Crippen MR) is 103 cm³/mol. The van der Waals surface area contributed by atoms with E-state index in [0.717, 1.165) is 10.5 Å². The lowest BCUT2D eigenvalue weighted by molar-refractivity contribution is 0.605. The summed E-state index contributed by atoms with van der Waals surface area (Å²) in [5.41, 5.74) is 1.42. The maximum Gasteiger partial charge on any atom is 0.207 e. The molecule has 4 aromatic rings. The summed E-state index contributed by atoms with van der Waals surface area (Å²) < 4.78 is 6.11. The van der Waals surface area contributed by atoms with E-state index in [1.807, 2.05) is 72.8 Å². The van der Waals surface area contributed by atoms with Crippen molar-refractivity contribution in [3.05, 3.63) is 94.1 Å². The lowest BCUT2D eigenvalue weighted by atomic mass is 10.1. The number of rotatable bonds is 3. The van der Waals surface area contributed by atoms with Crippen molar-refractivity contribution in [1.82, 2.24) is 0 Å². The molecular weight excluding hydrogens is 352 g/mol. The Morgan fingerprint density at radius 1 is 0.840 bits per heavy atom. The van der Waals surface area contributed by atoms with Gasteiger partial charge in [0, 0.05) is 15.5 Å². The van der Waals surface area contributed by atoms with Crippen LogP contribution >= 0.6 is 23.4 Å². The van der Waals surface area contributed by atoms with Gasteiger partial charge in [0.1, 0.15) is 10.5 Å². The first-order chi connectivity index (χ1) is 12.2. The molecule has 0 N–H and O–H groups in total. The fourth-order valence-electron chi connectivity index (χ4n) is 2.65. The molecule has 2 nitrogen and oxygen atoms in total. The van der Waals surface area contributed by atoms with E-state index in [0.29, 0.717) is 26.6 Å².